The summed E-state index contributed by atoms with van der Waals surface area (Å²) in [4.78, 5) is 23.2. The number of amides is 2. The van der Waals surface area contributed by atoms with Crippen molar-refractivity contribution in [3.05, 3.63) is 41.0 Å². The van der Waals surface area contributed by atoms with Crippen LogP contribution in [0.1, 0.15) is 25.0 Å². The lowest BCUT2D eigenvalue weighted by Crippen LogP contribution is -2.47. The van der Waals surface area contributed by atoms with Crippen molar-refractivity contribution < 1.29 is 9.59 Å². The third kappa shape index (κ3) is 2.27. The fourth-order valence-corrected chi connectivity index (χ4v) is 2.13. The van der Waals surface area contributed by atoms with E-state index in [1.54, 1.807) is 0 Å². The van der Waals surface area contributed by atoms with Crippen molar-refractivity contribution in [2.75, 3.05) is 0 Å². The average Bonchev–Trinajstić information content (AvgIpc) is 2.28. The zero-order valence-corrected chi connectivity index (χ0v) is 10.7. The molecule has 0 aromatic heterocycles. The molecule has 1 aromatic carbocycles. The molecule has 0 saturated heterocycles. The third-order valence-electron chi connectivity index (χ3n) is 3.01. The number of urea groups is 1. The maximum atomic E-state index is 11.7. The molecule has 1 unspecified atom stereocenters. The summed E-state index contributed by atoms with van der Waals surface area (Å²) >= 11 is 0. The van der Waals surface area contributed by atoms with Gasteiger partial charge in [0.25, 0.3) is 0 Å². The van der Waals surface area contributed by atoms with Crippen LogP contribution in [-0.2, 0) is 4.79 Å². The van der Waals surface area contributed by atoms with Crippen LogP contribution in [0.3, 0.4) is 0 Å². The van der Waals surface area contributed by atoms with Crippen molar-refractivity contribution >= 4 is 17.5 Å². The van der Waals surface area contributed by atoms with Gasteiger partial charge in [0.1, 0.15) is 0 Å². The van der Waals surface area contributed by atoms with E-state index in [1.807, 2.05) is 38.1 Å². The van der Waals surface area contributed by atoms with Gasteiger partial charge in [0.05, 0.1) is 11.7 Å². The summed E-state index contributed by atoms with van der Waals surface area (Å²) in [6, 6.07) is 7.19. The zero-order chi connectivity index (χ0) is 13.3. The van der Waals surface area contributed by atoms with E-state index in [1.165, 1.54) is 6.92 Å². The monoisotopic (exact) mass is 244 g/mol. The molecule has 94 valence electrons. The molecule has 4 heteroatoms. The Kier molecular flexibility index (Phi) is 3.19. The molecule has 0 fully saturated rings. The average molecular weight is 244 g/mol. The maximum Gasteiger partial charge on any atom is 0.319 e. The van der Waals surface area contributed by atoms with Crippen LogP contribution in [0.25, 0.3) is 5.70 Å². The van der Waals surface area contributed by atoms with E-state index in [4.69, 9.17) is 0 Å². The minimum absolute atomic E-state index is 0.0365. The Morgan fingerprint density at radius 3 is 2.39 bits per heavy atom. The fraction of sp³-hybridized carbons (Fsp3) is 0.286. The van der Waals surface area contributed by atoms with Crippen LogP contribution < -0.4 is 10.6 Å². The highest BCUT2D eigenvalue weighted by molar-refractivity contribution is 6.06. The predicted molar refractivity (Wildman–Crippen MR) is 69.9 cm³/mol. The number of hydrogen-bond donors (Lipinski definition) is 2. The number of rotatable bonds is 2. The molecule has 0 saturated carbocycles. The van der Waals surface area contributed by atoms with Crippen LogP contribution in [0.5, 0.6) is 0 Å². The number of hydrogen-bond acceptors (Lipinski definition) is 2. The second kappa shape index (κ2) is 4.64. The molecule has 18 heavy (non-hydrogen) atoms. The van der Waals surface area contributed by atoms with E-state index < -0.39 is 0 Å². The second-order valence-electron chi connectivity index (χ2n) is 4.53. The van der Waals surface area contributed by atoms with Gasteiger partial charge < -0.3 is 10.6 Å². The number of Topliss-reactive ketones (excluding diaryl/α,β-unsaturated/α-hetero) is 1. The third-order valence-corrected chi connectivity index (χ3v) is 3.01. The number of carbonyl (C=O) groups excluding carboxylic acids is 2. The highest BCUT2D eigenvalue weighted by Gasteiger charge is 2.27. The molecule has 1 aliphatic heterocycles. The van der Waals surface area contributed by atoms with Gasteiger partial charge in [-0.2, -0.15) is 0 Å². The summed E-state index contributed by atoms with van der Waals surface area (Å²) in [5.74, 6) is -0.0365. The first-order valence-corrected chi connectivity index (χ1v) is 5.88. The van der Waals surface area contributed by atoms with Crippen molar-refractivity contribution in [3.8, 4) is 0 Å². The molecule has 1 atom stereocenters. The van der Waals surface area contributed by atoms with Crippen LogP contribution in [-0.4, -0.2) is 17.9 Å². The lowest BCUT2D eigenvalue weighted by atomic mass is 9.96. The Hall–Kier alpha value is -2.10. The SMILES string of the molecule is CC(=O)C1=C(c2ccc(C)cc2)NC(=O)NC1C. The molecule has 2 amide bonds. The quantitative estimate of drug-likeness (QED) is 0.836. The molecule has 1 aromatic rings. The van der Waals surface area contributed by atoms with E-state index in [-0.39, 0.29) is 17.9 Å². The summed E-state index contributed by atoms with van der Waals surface area (Å²) in [6.07, 6.45) is 0. The van der Waals surface area contributed by atoms with Crippen LogP contribution in [0.15, 0.2) is 29.8 Å². The van der Waals surface area contributed by atoms with E-state index in [9.17, 15) is 9.59 Å². The molecule has 0 bridgehead atoms. The number of carbonyl (C=O) groups is 2. The van der Waals surface area contributed by atoms with Gasteiger partial charge in [-0.15, -0.1) is 0 Å². The molecule has 1 heterocycles. The second-order valence-corrected chi connectivity index (χ2v) is 4.53. The molecular formula is C14H16N2O2. The Labute approximate surface area is 106 Å². The first-order chi connectivity index (χ1) is 8.49. The predicted octanol–water partition coefficient (Wildman–Crippen LogP) is 2.00. The van der Waals surface area contributed by atoms with Gasteiger partial charge in [-0.1, -0.05) is 29.8 Å². The summed E-state index contributed by atoms with van der Waals surface area (Å²) in [6.45, 7) is 5.32. The normalized spacial score (nSPS) is 19.3. The Morgan fingerprint density at radius 1 is 1.22 bits per heavy atom. The van der Waals surface area contributed by atoms with Crippen LogP contribution in [0, 0.1) is 6.92 Å². The molecule has 0 spiro atoms. The number of aryl methyl sites for hydroxylation is 1. The minimum Gasteiger partial charge on any atom is -0.331 e. The molecule has 2 rings (SSSR count). The van der Waals surface area contributed by atoms with Crippen molar-refractivity contribution in [1.82, 2.24) is 10.6 Å². The van der Waals surface area contributed by atoms with Gasteiger partial charge >= 0.3 is 6.03 Å². The minimum atomic E-state index is -0.275. The van der Waals surface area contributed by atoms with Crippen molar-refractivity contribution in [2.24, 2.45) is 0 Å². The number of ketones is 1. The fourth-order valence-electron chi connectivity index (χ4n) is 2.13. The lowest BCUT2D eigenvalue weighted by Gasteiger charge is -2.26. The van der Waals surface area contributed by atoms with Crippen molar-refractivity contribution in [1.29, 1.82) is 0 Å². The van der Waals surface area contributed by atoms with Gasteiger partial charge in [-0.05, 0) is 26.3 Å². The molecule has 0 aliphatic carbocycles. The van der Waals surface area contributed by atoms with E-state index in [0.29, 0.717) is 11.3 Å². The smallest absolute Gasteiger partial charge is 0.319 e. The summed E-state index contributed by atoms with van der Waals surface area (Å²) in [5.41, 5.74) is 3.21. The Bertz CT molecular complexity index is 529. The molecular weight excluding hydrogens is 228 g/mol. The standard InChI is InChI=1S/C14H16N2O2/c1-8-4-6-11(7-5-8)13-12(10(3)17)9(2)15-14(18)16-13/h4-7,9H,1-3H3,(H2,15,16,18). The lowest BCUT2D eigenvalue weighted by molar-refractivity contribution is -0.113. The van der Waals surface area contributed by atoms with E-state index in [0.717, 1.165) is 11.1 Å². The maximum absolute atomic E-state index is 11.7. The van der Waals surface area contributed by atoms with Crippen LogP contribution in [0.2, 0.25) is 0 Å². The molecule has 1 aliphatic rings. The first-order valence-electron chi connectivity index (χ1n) is 5.88. The Morgan fingerprint density at radius 2 is 1.83 bits per heavy atom. The van der Waals surface area contributed by atoms with Crippen LogP contribution >= 0.6 is 0 Å². The van der Waals surface area contributed by atoms with Gasteiger partial charge in [0.15, 0.2) is 5.78 Å². The van der Waals surface area contributed by atoms with E-state index >= 15 is 0 Å². The van der Waals surface area contributed by atoms with Crippen molar-refractivity contribution in [2.45, 2.75) is 26.8 Å². The summed E-state index contributed by atoms with van der Waals surface area (Å²) in [5, 5.41) is 5.42. The zero-order valence-electron chi connectivity index (χ0n) is 10.7. The molecule has 2 N–H and O–H groups in total. The molecule has 4 nitrogen and oxygen atoms in total. The van der Waals surface area contributed by atoms with Gasteiger partial charge in [0, 0.05) is 5.57 Å². The van der Waals surface area contributed by atoms with Crippen LogP contribution in [0.4, 0.5) is 4.79 Å². The van der Waals surface area contributed by atoms with Gasteiger partial charge in [0.2, 0.25) is 0 Å². The molecule has 0 radical (unpaired) electrons. The summed E-state index contributed by atoms with van der Waals surface area (Å²) in [7, 11) is 0. The number of nitrogens with one attached hydrogen (secondary N) is 2. The topological polar surface area (TPSA) is 58.2 Å². The summed E-state index contributed by atoms with van der Waals surface area (Å²) < 4.78 is 0. The highest BCUT2D eigenvalue weighted by atomic mass is 16.2. The largest absolute Gasteiger partial charge is 0.331 e. The van der Waals surface area contributed by atoms with E-state index in [2.05, 4.69) is 10.6 Å². The first kappa shape index (κ1) is 12.4. The van der Waals surface area contributed by atoms with Gasteiger partial charge in [-0.25, -0.2) is 4.79 Å². The highest BCUT2D eigenvalue weighted by Crippen LogP contribution is 2.22. The van der Waals surface area contributed by atoms with Crippen molar-refractivity contribution in [3.63, 3.8) is 0 Å². The Balaban J connectivity index is 2.54. The number of benzene rings is 1. The van der Waals surface area contributed by atoms with Gasteiger partial charge in [-0.3, -0.25) is 4.79 Å².